The number of rotatable bonds is 5. The number of aliphatic hydroxyl groups excluding tert-OH is 1. The van der Waals surface area contributed by atoms with Crippen LogP contribution in [0.2, 0.25) is 0 Å². The molecule has 0 radical (unpaired) electrons. The van der Waals surface area contributed by atoms with Crippen molar-refractivity contribution in [2.24, 2.45) is 0 Å². The first-order valence-electron chi connectivity index (χ1n) is 4.58. The van der Waals surface area contributed by atoms with E-state index in [0.717, 1.165) is 0 Å². The molecule has 0 saturated carbocycles. The predicted octanol–water partition coefficient (Wildman–Crippen LogP) is 1.35. The summed E-state index contributed by atoms with van der Waals surface area (Å²) in [6.07, 6.45) is -0.676. The van der Waals surface area contributed by atoms with E-state index < -0.39 is 6.10 Å². The Hall–Kier alpha value is -1.73. The van der Waals surface area contributed by atoms with Crippen molar-refractivity contribution in [1.29, 1.82) is 5.26 Å². The van der Waals surface area contributed by atoms with E-state index in [9.17, 15) is 5.11 Å². The van der Waals surface area contributed by atoms with Crippen molar-refractivity contribution in [3.8, 4) is 17.6 Å². The van der Waals surface area contributed by atoms with Crippen LogP contribution in [0.1, 0.15) is 6.42 Å². The Labute approximate surface area is 88.7 Å². The first-order valence-corrected chi connectivity index (χ1v) is 4.58. The molecule has 0 spiro atoms. The molecule has 1 aromatic rings. The summed E-state index contributed by atoms with van der Waals surface area (Å²) in [5.41, 5.74) is 0. The maximum atomic E-state index is 9.26. The summed E-state index contributed by atoms with van der Waals surface area (Å²) in [7, 11) is 1.57. The van der Waals surface area contributed by atoms with Crippen LogP contribution in [0.5, 0.6) is 11.5 Å². The minimum absolute atomic E-state index is 0.0734. The summed E-state index contributed by atoms with van der Waals surface area (Å²) >= 11 is 0. The summed E-state index contributed by atoms with van der Waals surface area (Å²) in [5, 5.41) is 17.6. The molecule has 1 rings (SSSR count). The maximum Gasteiger partial charge on any atom is 0.123 e. The fourth-order valence-electron chi connectivity index (χ4n) is 1.05. The molecular weight excluding hydrogens is 194 g/mol. The van der Waals surface area contributed by atoms with Gasteiger partial charge in [-0.05, 0) is 12.1 Å². The van der Waals surface area contributed by atoms with E-state index in [2.05, 4.69) is 0 Å². The smallest absolute Gasteiger partial charge is 0.123 e. The minimum Gasteiger partial charge on any atom is -0.497 e. The van der Waals surface area contributed by atoms with Crippen LogP contribution in [0.3, 0.4) is 0 Å². The van der Waals surface area contributed by atoms with Crippen molar-refractivity contribution in [2.45, 2.75) is 12.5 Å². The monoisotopic (exact) mass is 207 g/mol. The van der Waals surface area contributed by atoms with Gasteiger partial charge in [-0.2, -0.15) is 5.26 Å². The average Bonchev–Trinajstić information content (AvgIpc) is 2.27. The van der Waals surface area contributed by atoms with Gasteiger partial charge in [0.05, 0.1) is 19.6 Å². The van der Waals surface area contributed by atoms with E-state index in [-0.39, 0.29) is 13.0 Å². The van der Waals surface area contributed by atoms with E-state index in [1.807, 2.05) is 6.07 Å². The van der Waals surface area contributed by atoms with E-state index in [1.165, 1.54) is 0 Å². The molecule has 0 aliphatic carbocycles. The van der Waals surface area contributed by atoms with Crippen LogP contribution >= 0.6 is 0 Å². The Morgan fingerprint density at radius 1 is 1.47 bits per heavy atom. The number of methoxy groups -OCH3 is 1. The van der Waals surface area contributed by atoms with Gasteiger partial charge in [-0.25, -0.2) is 0 Å². The topological polar surface area (TPSA) is 62.5 Å². The summed E-state index contributed by atoms with van der Waals surface area (Å²) in [6, 6.07) is 8.96. The van der Waals surface area contributed by atoms with Crippen LogP contribution in [0.4, 0.5) is 0 Å². The predicted molar refractivity (Wildman–Crippen MR) is 54.7 cm³/mol. The third-order valence-corrected chi connectivity index (χ3v) is 1.81. The molecule has 0 aliphatic heterocycles. The highest BCUT2D eigenvalue weighted by Crippen LogP contribution is 2.18. The Bertz CT molecular complexity index is 346. The summed E-state index contributed by atoms with van der Waals surface area (Å²) in [6.45, 7) is 0.112. The number of hydrogen-bond donors (Lipinski definition) is 1. The molecule has 0 amide bonds. The van der Waals surface area contributed by atoms with Gasteiger partial charge in [-0.3, -0.25) is 0 Å². The molecule has 0 heterocycles. The summed E-state index contributed by atoms with van der Waals surface area (Å²) in [4.78, 5) is 0. The molecule has 0 fully saturated rings. The average molecular weight is 207 g/mol. The Morgan fingerprint density at radius 3 is 2.87 bits per heavy atom. The second-order valence-electron chi connectivity index (χ2n) is 3.01. The van der Waals surface area contributed by atoms with Gasteiger partial charge in [0.2, 0.25) is 0 Å². The maximum absolute atomic E-state index is 9.26. The lowest BCUT2D eigenvalue weighted by Gasteiger charge is -2.10. The molecule has 1 N–H and O–H groups in total. The van der Waals surface area contributed by atoms with Crippen LogP contribution in [-0.4, -0.2) is 24.9 Å². The van der Waals surface area contributed by atoms with Crippen molar-refractivity contribution in [3.63, 3.8) is 0 Å². The quantitative estimate of drug-likeness (QED) is 0.791. The molecule has 0 bridgehead atoms. The number of benzene rings is 1. The number of ether oxygens (including phenoxy) is 2. The van der Waals surface area contributed by atoms with E-state index in [1.54, 1.807) is 31.4 Å². The normalized spacial score (nSPS) is 11.5. The second-order valence-corrected chi connectivity index (χ2v) is 3.01. The highest BCUT2D eigenvalue weighted by atomic mass is 16.5. The summed E-state index contributed by atoms with van der Waals surface area (Å²) < 4.78 is 10.3. The van der Waals surface area contributed by atoms with Crippen molar-refractivity contribution < 1.29 is 14.6 Å². The van der Waals surface area contributed by atoms with Crippen molar-refractivity contribution in [2.75, 3.05) is 13.7 Å². The zero-order valence-corrected chi connectivity index (χ0v) is 8.51. The Morgan fingerprint density at radius 2 is 2.20 bits per heavy atom. The van der Waals surface area contributed by atoms with E-state index >= 15 is 0 Å². The highest BCUT2D eigenvalue weighted by molar-refractivity contribution is 5.32. The number of nitrogens with zero attached hydrogens (tertiary/aromatic N) is 1. The molecule has 1 atom stereocenters. The molecule has 4 nitrogen and oxygen atoms in total. The number of hydrogen-bond acceptors (Lipinski definition) is 4. The van der Waals surface area contributed by atoms with Crippen LogP contribution in [0, 0.1) is 11.3 Å². The Kier molecular flexibility index (Phi) is 4.45. The van der Waals surface area contributed by atoms with Crippen molar-refractivity contribution in [3.05, 3.63) is 24.3 Å². The number of aliphatic hydroxyl groups is 1. The van der Waals surface area contributed by atoms with Gasteiger partial charge < -0.3 is 14.6 Å². The van der Waals surface area contributed by atoms with Gasteiger partial charge in [0.15, 0.2) is 0 Å². The molecule has 0 aromatic heterocycles. The minimum atomic E-state index is -0.749. The molecule has 15 heavy (non-hydrogen) atoms. The summed E-state index contributed by atoms with van der Waals surface area (Å²) in [5.74, 6) is 1.31. The van der Waals surface area contributed by atoms with Crippen LogP contribution in [0.15, 0.2) is 24.3 Å². The van der Waals surface area contributed by atoms with Crippen LogP contribution in [0.25, 0.3) is 0 Å². The van der Waals surface area contributed by atoms with E-state index in [4.69, 9.17) is 14.7 Å². The largest absolute Gasteiger partial charge is 0.497 e. The molecular formula is C11H13NO3. The Balaban J connectivity index is 2.47. The van der Waals surface area contributed by atoms with Gasteiger partial charge in [0, 0.05) is 6.07 Å². The standard InChI is InChI=1S/C11H13NO3/c1-14-10-3-2-4-11(7-10)15-8-9(13)5-6-12/h2-4,7,9,13H,5,8H2,1H3. The lowest BCUT2D eigenvalue weighted by atomic mass is 10.3. The highest BCUT2D eigenvalue weighted by Gasteiger charge is 2.04. The third kappa shape index (κ3) is 3.88. The van der Waals surface area contributed by atoms with Gasteiger partial charge >= 0.3 is 0 Å². The van der Waals surface area contributed by atoms with Gasteiger partial charge in [0.25, 0.3) is 0 Å². The zero-order valence-electron chi connectivity index (χ0n) is 8.51. The first-order chi connectivity index (χ1) is 7.26. The molecule has 80 valence electrons. The number of nitriles is 1. The van der Waals surface area contributed by atoms with Gasteiger partial charge in [0.1, 0.15) is 24.2 Å². The SMILES string of the molecule is COc1cccc(OCC(O)CC#N)c1. The second kappa shape index (κ2) is 5.89. The molecule has 0 aliphatic rings. The van der Waals surface area contributed by atoms with Crippen LogP contribution < -0.4 is 9.47 Å². The lowest BCUT2D eigenvalue weighted by Crippen LogP contribution is -2.16. The third-order valence-electron chi connectivity index (χ3n) is 1.81. The van der Waals surface area contributed by atoms with Gasteiger partial charge in [-0.15, -0.1) is 0 Å². The molecule has 0 saturated heterocycles. The van der Waals surface area contributed by atoms with Gasteiger partial charge in [-0.1, -0.05) is 6.07 Å². The molecule has 4 heteroatoms. The fraction of sp³-hybridized carbons (Fsp3) is 0.364. The first kappa shape index (κ1) is 11.3. The zero-order chi connectivity index (χ0) is 11.1. The lowest BCUT2D eigenvalue weighted by molar-refractivity contribution is 0.111. The molecule has 1 aromatic carbocycles. The van der Waals surface area contributed by atoms with E-state index in [0.29, 0.717) is 11.5 Å². The van der Waals surface area contributed by atoms with Crippen LogP contribution in [-0.2, 0) is 0 Å². The molecule has 1 unspecified atom stereocenters. The van der Waals surface area contributed by atoms with Crippen molar-refractivity contribution >= 4 is 0 Å². The fourth-order valence-corrected chi connectivity index (χ4v) is 1.05. The van der Waals surface area contributed by atoms with Crippen molar-refractivity contribution in [1.82, 2.24) is 0 Å².